The monoisotopic (exact) mass is 555 g/mol. The number of carbonyl (C=O) groups is 3. The number of hydrogen-bond donors (Lipinski definition) is 0. The van der Waals surface area contributed by atoms with Gasteiger partial charge >= 0.3 is 11.9 Å². The van der Waals surface area contributed by atoms with E-state index in [9.17, 15) is 14.4 Å². The van der Waals surface area contributed by atoms with Gasteiger partial charge in [-0.25, -0.2) is 4.79 Å². The van der Waals surface area contributed by atoms with Crippen molar-refractivity contribution >= 4 is 18.3 Å². The van der Waals surface area contributed by atoms with Crippen molar-refractivity contribution in [2.24, 2.45) is 23.7 Å². The van der Waals surface area contributed by atoms with Crippen LogP contribution >= 0.6 is 0 Å². The third-order valence-electron chi connectivity index (χ3n) is 7.77. The van der Waals surface area contributed by atoms with Crippen LogP contribution in [-0.2, 0) is 38.1 Å². The molecule has 0 aromatic rings. The summed E-state index contributed by atoms with van der Waals surface area (Å²) in [4.78, 5) is 37.3. The molecule has 0 saturated carbocycles. The Bertz CT molecular complexity index is 751. The van der Waals surface area contributed by atoms with Crippen molar-refractivity contribution in [3.8, 4) is 0 Å². The molecule has 0 bridgehead atoms. The van der Waals surface area contributed by atoms with Crippen molar-refractivity contribution in [3.63, 3.8) is 0 Å². The first kappa shape index (κ1) is 35.1. The van der Waals surface area contributed by atoms with E-state index in [1.807, 2.05) is 33.8 Å². The Labute approximate surface area is 235 Å². The van der Waals surface area contributed by atoms with E-state index in [-0.39, 0.29) is 53.9 Å². The summed E-state index contributed by atoms with van der Waals surface area (Å²) < 4.78 is 29.1. The smallest absolute Gasteiger partial charge is 0.335 e. The van der Waals surface area contributed by atoms with Gasteiger partial charge in [-0.3, -0.25) is 9.59 Å². The van der Waals surface area contributed by atoms with Crippen LogP contribution in [0.2, 0.25) is 0 Å². The number of rotatable bonds is 19. The van der Waals surface area contributed by atoms with Crippen LogP contribution in [0, 0.1) is 23.7 Å². The number of hydrogen-bond acceptors (Lipinski definition) is 8. The zero-order valence-electron chi connectivity index (χ0n) is 25.6. The fourth-order valence-electron chi connectivity index (χ4n) is 5.07. The van der Waals surface area contributed by atoms with Crippen LogP contribution in [0.25, 0.3) is 0 Å². The van der Waals surface area contributed by atoms with Gasteiger partial charge in [0.1, 0.15) is 12.2 Å². The van der Waals surface area contributed by atoms with Crippen molar-refractivity contribution in [2.75, 3.05) is 27.9 Å². The molecule has 0 unspecified atom stereocenters. The second-order valence-corrected chi connectivity index (χ2v) is 11.2. The minimum absolute atomic E-state index is 0.0273. The van der Waals surface area contributed by atoms with Gasteiger partial charge in [0.15, 0.2) is 6.10 Å². The summed E-state index contributed by atoms with van der Waals surface area (Å²) >= 11 is 0. The zero-order chi connectivity index (χ0) is 29.5. The highest BCUT2D eigenvalue weighted by molar-refractivity contribution is 5.75. The summed E-state index contributed by atoms with van der Waals surface area (Å²) in [5, 5.41) is 0. The molecule has 0 spiro atoms. The number of esters is 2. The molecule has 1 fully saturated rings. The summed E-state index contributed by atoms with van der Waals surface area (Å²) in [6, 6.07) is 0. The van der Waals surface area contributed by atoms with Crippen LogP contribution in [0.3, 0.4) is 0 Å². The molecular formula is C30H53NO8. The van der Waals surface area contributed by atoms with Crippen molar-refractivity contribution in [2.45, 2.75) is 111 Å². The topological polar surface area (TPSA) is 101 Å². The van der Waals surface area contributed by atoms with Crippen LogP contribution < -0.4 is 0 Å². The molecule has 0 aromatic heterocycles. The Morgan fingerprint density at radius 3 is 2.21 bits per heavy atom. The highest BCUT2D eigenvalue weighted by Crippen LogP contribution is 2.30. The summed E-state index contributed by atoms with van der Waals surface area (Å²) in [5.74, 6) is -0.387. The normalized spacial score (nSPS) is 21.1. The Balaban J connectivity index is 3.02. The molecule has 1 rings (SSSR count). The van der Waals surface area contributed by atoms with Gasteiger partial charge in [-0.15, -0.1) is 0 Å². The largest absolute Gasteiger partial charge is 0.462 e. The Morgan fingerprint density at radius 2 is 1.69 bits per heavy atom. The van der Waals surface area contributed by atoms with E-state index in [4.69, 9.17) is 23.7 Å². The van der Waals surface area contributed by atoms with Gasteiger partial charge in [-0.05, 0) is 37.5 Å². The summed E-state index contributed by atoms with van der Waals surface area (Å²) in [5.41, 5.74) is 0. The van der Waals surface area contributed by atoms with E-state index in [0.717, 1.165) is 19.3 Å². The standard InChI is InChI=1S/C30H53NO8/c1-10-28(33)38-26(20(2)3)18-27(35-8)21(4)13-14-24(39-30(34)25-12-11-17-37-25)23(6)29(36-9)22(5)15-16-31(7)19-32/h15-16,19-27,29H,10-14,17-18H2,1-9H3/b16-15+/t21-,22+,23-,24+,25-,26-,27-,29+/m0/s1. The predicted octanol–water partition coefficient (Wildman–Crippen LogP) is 4.77. The van der Waals surface area contributed by atoms with Crippen molar-refractivity contribution in [1.82, 2.24) is 4.90 Å². The Morgan fingerprint density at radius 1 is 1.00 bits per heavy atom. The number of nitrogens with zero attached hydrogens (tertiary/aromatic N) is 1. The molecular weight excluding hydrogens is 502 g/mol. The van der Waals surface area contributed by atoms with Gasteiger partial charge in [-0.1, -0.05) is 47.6 Å². The molecule has 9 nitrogen and oxygen atoms in total. The molecule has 0 aromatic carbocycles. The van der Waals surface area contributed by atoms with E-state index < -0.39 is 12.2 Å². The average molecular weight is 556 g/mol. The summed E-state index contributed by atoms with van der Waals surface area (Å²) in [6.45, 7) is 12.6. The molecule has 39 heavy (non-hydrogen) atoms. The first-order valence-corrected chi connectivity index (χ1v) is 14.4. The van der Waals surface area contributed by atoms with Crippen molar-refractivity contribution in [3.05, 3.63) is 12.3 Å². The van der Waals surface area contributed by atoms with E-state index >= 15 is 0 Å². The van der Waals surface area contributed by atoms with Gasteiger partial charge < -0.3 is 28.6 Å². The second-order valence-electron chi connectivity index (χ2n) is 11.2. The number of amides is 1. The lowest BCUT2D eigenvalue weighted by molar-refractivity contribution is -0.166. The van der Waals surface area contributed by atoms with E-state index in [1.54, 1.807) is 34.4 Å². The van der Waals surface area contributed by atoms with Gasteiger partial charge in [-0.2, -0.15) is 0 Å². The van der Waals surface area contributed by atoms with E-state index in [0.29, 0.717) is 32.3 Å². The predicted molar refractivity (Wildman–Crippen MR) is 150 cm³/mol. The fraction of sp³-hybridized carbons (Fsp3) is 0.833. The van der Waals surface area contributed by atoms with E-state index in [1.165, 1.54) is 4.90 Å². The molecule has 1 aliphatic heterocycles. The Kier molecular flexibility index (Phi) is 16.5. The highest BCUT2D eigenvalue weighted by Gasteiger charge is 2.35. The summed E-state index contributed by atoms with van der Waals surface area (Å²) in [6.07, 6.45) is 6.67. The number of ether oxygens (including phenoxy) is 5. The lowest BCUT2D eigenvalue weighted by Crippen LogP contribution is -2.40. The molecule has 1 aliphatic rings. The maximum Gasteiger partial charge on any atom is 0.335 e. The maximum atomic E-state index is 13.0. The zero-order valence-corrected chi connectivity index (χ0v) is 25.6. The van der Waals surface area contributed by atoms with Crippen LogP contribution in [0.1, 0.15) is 80.1 Å². The molecule has 0 aliphatic carbocycles. The molecule has 1 saturated heterocycles. The second kappa shape index (κ2) is 18.4. The highest BCUT2D eigenvalue weighted by atomic mass is 16.6. The minimum atomic E-state index is -0.525. The van der Waals surface area contributed by atoms with Gasteiger partial charge in [0.05, 0.1) is 12.2 Å². The molecule has 226 valence electrons. The first-order valence-electron chi connectivity index (χ1n) is 14.4. The number of methoxy groups -OCH3 is 2. The third kappa shape index (κ3) is 12.0. The minimum Gasteiger partial charge on any atom is -0.462 e. The van der Waals surface area contributed by atoms with Crippen molar-refractivity contribution < 1.29 is 38.1 Å². The Hall–Kier alpha value is -1.97. The number of carbonyl (C=O) groups excluding carboxylic acids is 3. The molecule has 9 heteroatoms. The van der Waals surface area contributed by atoms with Crippen LogP contribution in [0.4, 0.5) is 0 Å². The molecule has 0 radical (unpaired) electrons. The van der Waals surface area contributed by atoms with Gasteiger partial charge in [0.25, 0.3) is 0 Å². The van der Waals surface area contributed by atoms with E-state index in [2.05, 4.69) is 6.92 Å². The SMILES string of the molecule is CCC(=O)O[C@@H](C[C@H](OC)[C@@H](C)CC[C@@H](OC(=O)[C@@H]1CCCO1)[C@H](C)[C@H](OC)[C@H](C)/C=C/N(C)C=O)C(C)C. The molecule has 8 atom stereocenters. The molecule has 1 heterocycles. The molecule has 0 N–H and O–H groups in total. The third-order valence-corrected chi connectivity index (χ3v) is 7.77. The van der Waals surface area contributed by atoms with Crippen LogP contribution in [0.5, 0.6) is 0 Å². The average Bonchev–Trinajstić information content (AvgIpc) is 3.46. The quantitative estimate of drug-likeness (QED) is 0.166. The van der Waals surface area contributed by atoms with Gasteiger partial charge in [0.2, 0.25) is 6.41 Å². The van der Waals surface area contributed by atoms with Crippen LogP contribution in [0.15, 0.2) is 12.3 Å². The van der Waals surface area contributed by atoms with Gasteiger partial charge in [0, 0.05) is 58.8 Å². The van der Waals surface area contributed by atoms with Crippen LogP contribution in [-0.4, -0.2) is 81.6 Å². The van der Waals surface area contributed by atoms with Crippen molar-refractivity contribution in [1.29, 1.82) is 0 Å². The maximum absolute atomic E-state index is 13.0. The molecule has 1 amide bonds. The summed E-state index contributed by atoms with van der Waals surface area (Å²) in [7, 11) is 5.01. The lowest BCUT2D eigenvalue weighted by Gasteiger charge is -2.34. The lowest BCUT2D eigenvalue weighted by atomic mass is 9.84. The first-order chi connectivity index (χ1) is 18.5. The fourth-order valence-corrected chi connectivity index (χ4v) is 5.07.